The minimum absolute atomic E-state index is 0.0326. The van der Waals surface area contributed by atoms with Crippen molar-refractivity contribution in [1.82, 2.24) is 36.0 Å². The van der Waals surface area contributed by atoms with Crippen molar-refractivity contribution in [2.24, 2.45) is 11.8 Å². The second-order valence-electron chi connectivity index (χ2n) is 16.0. The number of aliphatic hydroxyl groups is 1. The highest BCUT2D eigenvalue weighted by atomic mass is 16.5. The highest BCUT2D eigenvalue weighted by Gasteiger charge is 2.41. The van der Waals surface area contributed by atoms with Crippen LogP contribution in [-0.2, 0) is 38.3 Å². The van der Waals surface area contributed by atoms with Gasteiger partial charge in [0.15, 0.2) is 0 Å². The minimum atomic E-state index is -1.53. The number of amides is 7. The summed E-state index contributed by atoms with van der Waals surface area (Å²) in [5.41, 5.74) is 0. The van der Waals surface area contributed by atoms with E-state index in [2.05, 4.69) is 28.2 Å². The van der Waals surface area contributed by atoms with E-state index in [9.17, 15) is 38.7 Å². The summed E-state index contributed by atoms with van der Waals surface area (Å²) >= 11 is 0. The molecule has 5 N–H and O–H groups in total. The average Bonchev–Trinajstić information content (AvgIpc) is 3.70. The molecule has 16 heteroatoms. The third kappa shape index (κ3) is 12.6. The van der Waals surface area contributed by atoms with Crippen LogP contribution in [0.2, 0.25) is 0 Å². The molecule has 0 aromatic heterocycles. The first-order valence-electron chi connectivity index (χ1n) is 20.9. The first kappa shape index (κ1) is 44.9. The SMILES string of the molecule is [CH][C@H](NC(=O)[C@@H]1CCCCN1C(=O)[C@H](CCC(=O)N1CCOCC1)NC(=O)C[C@H](C)C1CCCCC1)C(=O)N1CCC[C@H]1C(=O)N[C@H](C(=O)NCCC)C(C)O. The summed E-state index contributed by atoms with van der Waals surface area (Å²) in [7, 11) is 0. The molecule has 0 aromatic carbocycles. The fraction of sp³-hybridized carbons (Fsp3) is 0.800. The van der Waals surface area contributed by atoms with Crippen molar-refractivity contribution in [2.75, 3.05) is 45.9 Å². The van der Waals surface area contributed by atoms with Crippen molar-refractivity contribution in [2.45, 2.75) is 147 Å². The van der Waals surface area contributed by atoms with Crippen molar-refractivity contribution in [3.63, 3.8) is 0 Å². The van der Waals surface area contributed by atoms with Gasteiger partial charge in [0, 0.05) is 45.6 Å². The smallest absolute Gasteiger partial charge is 0.246 e. The Morgan fingerprint density at radius 3 is 2.04 bits per heavy atom. The van der Waals surface area contributed by atoms with Gasteiger partial charge < -0.3 is 45.8 Å². The maximum absolute atomic E-state index is 14.3. The normalized spacial score (nSPS) is 23.3. The maximum Gasteiger partial charge on any atom is 0.246 e. The van der Waals surface area contributed by atoms with Crippen LogP contribution in [0.25, 0.3) is 0 Å². The number of rotatable bonds is 17. The number of hydrogen-bond acceptors (Lipinski definition) is 9. The number of carbonyl (C=O) groups excluding carboxylic acids is 7. The first-order chi connectivity index (χ1) is 26.8. The Bertz CT molecular complexity index is 1370. The molecule has 1 saturated carbocycles. The maximum atomic E-state index is 14.3. The zero-order valence-corrected chi connectivity index (χ0v) is 33.6. The lowest BCUT2D eigenvalue weighted by molar-refractivity contribution is -0.147. The van der Waals surface area contributed by atoms with Crippen LogP contribution in [0.1, 0.15) is 111 Å². The molecule has 314 valence electrons. The molecule has 4 aliphatic rings. The lowest BCUT2D eigenvalue weighted by Crippen LogP contribution is -2.60. The van der Waals surface area contributed by atoms with E-state index < -0.39 is 65.8 Å². The molecule has 2 radical (unpaired) electrons. The minimum Gasteiger partial charge on any atom is -0.391 e. The van der Waals surface area contributed by atoms with Crippen LogP contribution in [0.3, 0.4) is 0 Å². The van der Waals surface area contributed by atoms with Gasteiger partial charge in [-0.3, -0.25) is 33.6 Å². The number of carbonyl (C=O) groups is 7. The Labute approximate surface area is 331 Å². The number of nitrogens with one attached hydrogen (secondary N) is 4. The molecule has 3 saturated heterocycles. The lowest BCUT2D eigenvalue weighted by Gasteiger charge is -2.38. The third-order valence-electron chi connectivity index (χ3n) is 11.7. The molecule has 0 spiro atoms. The molecule has 4 rings (SSSR count). The van der Waals surface area contributed by atoms with Crippen molar-refractivity contribution < 1.29 is 43.4 Å². The van der Waals surface area contributed by atoms with E-state index in [0.717, 1.165) is 25.7 Å². The van der Waals surface area contributed by atoms with Gasteiger partial charge in [-0.1, -0.05) is 46.0 Å². The molecule has 56 heavy (non-hydrogen) atoms. The quantitative estimate of drug-likeness (QED) is 0.140. The van der Waals surface area contributed by atoms with E-state index >= 15 is 0 Å². The van der Waals surface area contributed by atoms with Gasteiger partial charge >= 0.3 is 0 Å². The Kier molecular flexibility index (Phi) is 17.8. The molecule has 0 bridgehead atoms. The van der Waals surface area contributed by atoms with Crippen LogP contribution in [0, 0.1) is 18.8 Å². The summed E-state index contributed by atoms with van der Waals surface area (Å²) in [4.78, 5) is 98.6. The average molecular weight is 788 g/mol. The van der Waals surface area contributed by atoms with Gasteiger partial charge in [-0.25, -0.2) is 0 Å². The molecule has 0 aromatic rings. The van der Waals surface area contributed by atoms with Crippen LogP contribution < -0.4 is 21.3 Å². The number of likely N-dealkylation sites (tertiary alicyclic amines) is 2. The first-order valence-corrected chi connectivity index (χ1v) is 20.9. The van der Waals surface area contributed by atoms with E-state index in [1.807, 2.05) is 6.92 Å². The Morgan fingerprint density at radius 2 is 1.38 bits per heavy atom. The fourth-order valence-electron chi connectivity index (χ4n) is 8.39. The highest BCUT2D eigenvalue weighted by Crippen LogP contribution is 2.31. The highest BCUT2D eigenvalue weighted by molar-refractivity contribution is 5.97. The summed E-state index contributed by atoms with van der Waals surface area (Å²) in [6.45, 7) is 14.2. The van der Waals surface area contributed by atoms with E-state index in [-0.39, 0.29) is 50.1 Å². The predicted molar refractivity (Wildman–Crippen MR) is 206 cm³/mol. The number of hydrogen-bond donors (Lipinski definition) is 5. The molecular weight excluding hydrogens is 722 g/mol. The Morgan fingerprint density at radius 1 is 0.768 bits per heavy atom. The van der Waals surface area contributed by atoms with Crippen LogP contribution in [-0.4, -0.2) is 143 Å². The number of aliphatic hydroxyl groups excluding tert-OH is 1. The molecule has 3 heterocycles. The summed E-state index contributed by atoms with van der Waals surface area (Å²) in [5.74, 6) is -2.79. The molecule has 7 amide bonds. The van der Waals surface area contributed by atoms with Gasteiger partial charge in [0.25, 0.3) is 0 Å². The third-order valence-corrected chi connectivity index (χ3v) is 11.7. The van der Waals surface area contributed by atoms with Gasteiger partial charge in [0.05, 0.1) is 19.3 Å². The van der Waals surface area contributed by atoms with E-state index in [1.165, 1.54) is 23.1 Å². The fourth-order valence-corrected chi connectivity index (χ4v) is 8.39. The van der Waals surface area contributed by atoms with Crippen LogP contribution in [0.4, 0.5) is 0 Å². The number of piperidine rings is 1. The molecule has 3 aliphatic heterocycles. The summed E-state index contributed by atoms with van der Waals surface area (Å²) in [6.07, 6.45) is 7.84. The zero-order valence-electron chi connectivity index (χ0n) is 33.6. The van der Waals surface area contributed by atoms with Crippen LogP contribution in [0.5, 0.6) is 0 Å². The van der Waals surface area contributed by atoms with Crippen LogP contribution >= 0.6 is 0 Å². The molecule has 4 fully saturated rings. The standard InChI is InChI=1S/C40H65N7O9/c1-5-18-41-38(53)35(28(4)48)44-37(52)32-15-11-20-46(32)39(54)27(3)42-36(51)31-14-9-10-19-47(31)40(55)30(16-17-34(50)45-21-23-56-24-22-45)43-33(49)25-26(2)29-12-7-6-8-13-29/h3,26-32,35,48H,5-25H2,1-2,4H3,(H,41,53)(H,42,51)(H,43,49)(H,44,52)/t26-,27-,28?,30-,31-,32-,35-/m0/s1. The van der Waals surface area contributed by atoms with Crippen LogP contribution in [0.15, 0.2) is 0 Å². The second kappa shape index (κ2) is 22.2. The van der Waals surface area contributed by atoms with Gasteiger partial charge in [-0.15, -0.1) is 0 Å². The predicted octanol–water partition coefficient (Wildman–Crippen LogP) is 0.676. The summed E-state index contributed by atoms with van der Waals surface area (Å²) < 4.78 is 5.37. The van der Waals surface area contributed by atoms with Gasteiger partial charge in [0.2, 0.25) is 41.4 Å². The summed E-state index contributed by atoms with van der Waals surface area (Å²) in [5, 5.41) is 20.9. The topological polar surface area (TPSA) is 207 Å². The van der Waals surface area contributed by atoms with Gasteiger partial charge in [0.1, 0.15) is 30.2 Å². The van der Waals surface area contributed by atoms with Crippen molar-refractivity contribution >= 4 is 41.4 Å². The van der Waals surface area contributed by atoms with E-state index in [1.54, 1.807) is 4.90 Å². The van der Waals surface area contributed by atoms with Gasteiger partial charge in [-0.05, 0) is 70.6 Å². The Balaban J connectivity index is 1.41. The molecule has 1 unspecified atom stereocenters. The molecular formula is C40H65N7O9. The largest absolute Gasteiger partial charge is 0.391 e. The molecule has 1 aliphatic carbocycles. The van der Waals surface area contributed by atoms with E-state index in [0.29, 0.717) is 77.3 Å². The van der Waals surface area contributed by atoms with Crippen molar-refractivity contribution in [3.8, 4) is 0 Å². The van der Waals surface area contributed by atoms with Crippen molar-refractivity contribution in [3.05, 3.63) is 6.92 Å². The van der Waals surface area contributed by atoms with Crippen molar-refractivity contribution in [1.29, 1.82) is 0 Å². The second-order valence-corrected chi connectivity index (χ2v) is 16.0. The Hall–Kier alpha value is -3.79. The molecule has 7 atom stereocenters. The van der Waals surface area contributed by atoms with E-state index in [4.69, 9.17) is 11.7 Å². The van der Waals surface area contributed by atoms with Gasteiger partial charge in [-0.2, -0.15) is 0 Å². The lowest BCUT2D eigenvalue weighted by atomic mass is 9.79. The number of nitrogens with zero attached hydrogens (tertiary/aromatic N) is 3. The molecule has 16 nitrogen and oxygen atoms in total. The zero-order chi connectivity index (χ0) is 40.8. The monoisotopic (exact) mass is 787 g/mol. The number of morpholine rings is 1. The summed E-state index contributed by atoms with van der Waals surface area (Å²) in [6, 6.07) is -5.73. The number of ether oxygens (including phenoxy) is 1.